The van der Waals surface area contributed by atoms with Gasteiger partial charge in [0.15, 0.2) is 0 Å². The van der Waals surface area contributed by atoms with Crippen LogP contribution in [0.1, 0.15) is 20.9 Å². The van der Waals surface area contributed by atoms with Crippen molar-refractivity contribution in [2.75, 3.05) is 12.4 Å². The minimum atomic E-state index is -0.905. The zero-order chi connectivity index (χ0) is 24.7. The largest absolute Gasteiger partial charge is 0.497 e. The van der Waals surface area contributed by atoms with E-state index in [4.69, 9.17) is 4.74 Å². The monoisotopic (exact) mass is 485 g/mol. The van der Waals surface area contributed by atoms with Crippen LogP contribution in [0.15, 0.2) is 47.6 Å². The second kappa shape index (κ2) is 10.7. The first-order valence-electron chi connectivity index (χ1n) is 9.29. The van der Waals surface area contributed by atoms with E-state index in [0.717, 1.165) is 29.0 Å². The summed E-state index contributed by atoms with van der Waals surface area (Å²) in [5.74, 6) is -0.703. The van der Waals surface area contributed by atoms with Gasteiger partial charge in [0.25, 0.3) is 17.3 Å². The predicted molar refractivity (Wildman–Crippen MR) is 120 cm³/mol. The van der Waals surface area contributed by atoms with Crippen molar-refractivity contribution >= 4 is 45.9 Å². The first kappa shape index (κ1) is 23.9. The van der Waals surface area contributed by atoms with Crippen LogP contribution in [0.4, 0.5) is 16.5 Å². The molecule has 2 N–H and O–H groups in total. The van der Waals surface area contributed by atoms with E-state index >= 15 is 0 Å². The first-order chi connectivity index (χ1) is 16.3. The summed E-state index contributed by atoms with van der Waals surface area (Å²) in [6.45, 7) is 0. The van der Waals surface area contributed by atoms with Gasteiger partial charge in [-0.15, -0.1) is 10.2 Å². The number of methoxy groups -OCH3 is 1. The number of nitro benzene ring substituents is 2. The lowest BCUT2D eigenvalue weighted by Gasteiger charge is -2.02. The molecule has 3 rings (SSSR count). The van der Waals surface area contributed by atoms with E-state index < -0.39 is 38.6 Å². The molecular weight excluding hydrogens is 470 g/mol. The Morgan fingerprint density at radius 1 is 1.12 bits per heavy atom. The van der Waals surface area contributed by atoms with E-state index in [0.29, 0.717) is 11.8 Å². The van der Waals surface area contributed by atoms with Crippen molar-refractivity contribution in [3.05, 3.63) is 78.8 Å². The number of hydrogen-bond donors (Lipinski definition) is 2. The number of non-ortho nitro benzene ring substituents is 1. The van der Waals surface area contributed by atoms with Crippen molar-refractivity contribution in [2.24, 2.45) is 5.10 Å². The molecule has 0 radical (unpaired) electrons. The van der Waals surface area contributed by atoms with E-state index in [1.54, 1.807) is 31.4 Å². The number of hydrogen-bond acceptors (Lipinski definition) is 11. The zero-order valence-corrected chi connectivity index (χ0v) is 18.1. The maximum Gasteiger partial charge on any atom is 0.289 e. The fourth-order valence-electron chi connectivity index (χ4n) is 2.56. The molecule has 0 saturated carbocycles. The molecule has 0 saturated heterocycles. The van der Waals surface area contributed by atoms with Crippen molar-refractivity contribution in [1.82, 2.24) is 15.6 Å². The average molecular weight is 485 g/mol. The second-order valence-corrected chi connectivity index (χ2v) is 7.48. The maximum atomic E-state index is 12.4. The van der Waals surface area contributed by atoms with E-state index in [9.17, 15) is 29.8 Å². The Kier molecular flexibility index (Phi) is 7.50. The number of nitrogens with zero attached hydrogens (tertiary/aromatic N) is 5. The number of nitro groups is 2. The molecule has 1 aromatic heterocycles. The number of carbonyl (C=O) groups is 2. The highest BCUT2D eigenvalue weighted by Crippen LogP contribution is 2.26. The van der Waals surface area contributed by atoms with E-state index in [-0.39, 0.29) is 16.6 Å². The molecule has 0 aliphatic carbocycles. The molecule has 174 valence electrons. The van der Waals surface area contributed by atoms with Gasteiger partial charge in [-0.1, -0.05) is 11.3 Å². The van der Waals surface area contributed by atoms with Gasteiger partial charge in [-0.05, 0) is 35.9 Å². The van der Waals surface area contributed by atoms with Gasteiger partial charge in [-0.25, -0.2) is 5.43 Å². The molecule has 34 heavy (non-hydrogen) atoms. The van der Waals surface area contributed by atoms with Crippen molar-refractivity contribution in [2.45, 2.75) is 6.42 Å². The second-order valence-electron chi connectivity index (χ2n) is 6.41. The fraction of sp³-hybridized carbons (Fsp3) is 0.105. The highest BCUT2D eigenvalue weighted by atomic mass is 32.1. The van der Waals surface area contributed by atoms with Crippen molar-refractivity contribution in [1.29, 1.82) is 0 Å². The lowest BCUT2D eigenvalue weighted by atomic mass is 10.1. The molecule has 0 aliphatic rings. The molecule has 1 heterocycles. The standard InChI is InChI=1S/C19H15N7O7S/c1-33-13-5-2-11(3-6-13)10-20-22-16(27)9-17-23-24-19(34-17)21-18(28)14-7-4-12(25(29)30)8-15(14)26(31)32/h2-8,10H,9H2,1H3,(H,22,27)(H,21,24,28)/b20-10-. The average Bonchev–Trinajstić information content (AvgIpc) is 3.25. The number of aromatic nitrogens is 2. The number of hydrazone groups is 1. The van der Waals surface area contributed by atoms with Gasteiger partial charge in [0.05, 0.1) is 35.7 Å². The molecule has 15 heteroatoms. The van der Waals surface area contributed by atoms with E-state index in [1.165, 1.54) is 6.21 Å². The van der Waals surface area contributed by atoms with Gasteiger partial charge in [0.2, 0.25) is 11.0 Å². The van der Waals surface area contributed by atoms with Crippen LogP contribution in [0.25, 0.3) is 0 Å². The Balaban J connectivity index is 1.59. The third kappa shape index (κ3) is 6.13. The molecule has 0 atom stereocenters. The molecule has 0 spiro atoms. The van der Waals surface area contributed by atoms with Gasteiger partial charge in [-0.2, -0.15) is 5.10 Å². The van der Waals surface area contributed by atoms with Crippen LogP contribution in [-0.2, 0) is 11.2 Å². The minimum absolute atomic E-state index is 0.0119. The first-order valence-corrected chi connectivity index (χ1v) is 10.1. The molecule has 0 fully saturated rings. The highest BCUT2D eigenvalue weighted by Gasteiger charge is 2.25. The Bertz CT molecular complexity index is 1270. The maximum absolute atomic E-state index is 12.4. The number of carbonyl (C=O) groups excluding carboxylic acids is 2. The van der Waals surface area contributed by atoms with Crippen LogP contribution < -0.4 is 15.5 Å². The number of ether oxygens (including phenoxy) is 1. The SMILES string of the molecule is COc1ccc(/C=N\NC(=O)Cc2nnc(NC(=O)c3ccc([N+](=O)[O-])cc3[N+](=O)[O-])s2)cc1. The molecule has 0 bridgehead atoms. The van der Waals surface area contributed by atoms with Gasteiger partial charge >= 0.3 is 0 Å². The summed E-state index contributed by atoms with van der Waals surface area (Å²) in [7, 11) is 1.55. The summed E-state index contributed by atoms with van der Waals surface area (Å²) < 4.78 is 5.05. The molecule has 0 unspecified atom stereocenters. The molecule has 14 nitrogen and oxygen atoms in total. The Labute approximate surface area is 194 Å². The number of amides is 2. The fourth-order valence-corrected chi connectivity index (χ4v) is 3.30. The number of anilines is 1. The van der Waals surface area contributed by atoms with Crippen molar-refractivity contribution in [3.63, 3.8) is 0 Å². The van der Waals surface area contributed by atoms with Crippen LogP contribution >= 0.6 is 11.3 Å². The summed E-state index contributed by atoms with van der Waals surface area (Å²) in [6, 6.07) is 9.63. The van der Waals surface area contributed by atoms with Gasteiger partial charge in [0.1, 0.15) is 16.3 Å². The molecule has 3 aromatic rings. The summed E-state index contributed by atoms with van der Waals surface area (Å²) in [4.78, 5) is 44.8. The van der Waals surface area contributed by atoms with Crippen molar-refractivity contribution in [3.8, 4) is 5.75 Å². The lowest BCUT2D eigenvalue weighted by molar-refractivity contribution is -0.394. The number of benzene rings is 2. The van der Waals surface area contributed by atoms with Crippen molar-refractivity contribution < 1.29 is 24.2 Å². The summed E-state index contributed by atoms with van der Waals surface area (Å²) in [5, 5.41) is 36.0. The normalized spacial score (nSPS) is 10.6. The third-order valence-electron chi connectivity index (χ3n) is 4.15. The smallest absolute Gasteiger partial charge is 0.289 e. The van der Waals surface area contributed by atoms with Crippen LogP contribution in [0.2, 0.25) is 0 Å². The van der Waals surface area contributed by atoms with Crippen LogP contribution in [-0.4, -0.2) is 45.2 Å². The molecule has 0 aliphatic heterocycles. The molecule has 2 amide bonds. The van der Waals surface area contributed by atoms with E-state index in [2.05, 4.69) is 26.0 Å². The summed E-state index contributed by atoms with van der Waals surface area (Å²) in [5.41, 5.74) is 1.43. The van der Waals surface area contributed by atoms with Gasteiger partial charge in [0, 0.05) is 6.07 Å². The van der Waals surface area contributed by atoms with Gasteiger partial charge < -0.3 is 4.74 Å². The van der Waals surface area contributed by atoms with Gasteiger partial charge in [-0.3, -0.25) is 35.1 Å². The van der Waals surface area contributed by atoms with Crippen LogP contribution in [0, 0.1) is 20.2 Å². The quantitative estimate of drug-likeness (QED) is 0.260. The Morgan fingerprint density at radius 3 is 2.50 bits per heavy atom. The van der Waals surface area contributed by atoms with Crippen LogP contribution in [0.3, 0.4) is 0 Å². The number of rotatable bonds is 9. The minimum Gasteiger partial charge on any atom is -0.497 e. The Morgan fingerprint density at radius 2 is 1.85 bits per heavy atom. The highest BCUT2D eigenvalue weighted by molar-refractivity contribution is 7.15. The number of nitrogens with one attached hydrogen (secondary N) is 2. The van der Waals surface area contributed by atoms with Crippen LogP contribution in [0.5, 0.6) is 5.75 Å². The lowest BCUT2D eigenvalue weighted by Crippen LogP contribution is -2.19. The molecule has 2 aromatic carbocycles. The Hall–Kier alpha value is -4.79. The van der Waals surface area contributed by atoms with E-state index in [1.807, 2.05) is 0 Å². The summed E-state index contributed by atoms with van der Waals surface area (Å²) >= 11 is 0.882. The predicted octanol–water partition coefficient (Wildman–Crippen LogP) is 2.31. The third-order valence-corrected chi connectivity index (χ3v) is 4.99. The topological polar surface area (TPSA) is 192 Å². The molecular formula is C19H15N7O7S. The summed E-state index contributed by atoms with van der Waals surface area (Å²) in [6.07, 6.45) is 1.27. The zero-order valence-electron chi connectivity index (χ0n) is 17.3.